The quantitative estimate of drug-likeness (QED) is 0.619. The van der Waals surface area contributed by atoms with E-state index in [9.17, 15) is 5.11 Å². The summed E-state index contributed by atoms with van der Waals surface area (Å²) in [6.07, 6.45) is 2.29. The number of hydrogen-bond acceptors (Lipinski definition) is 3. The molecule has 2 heterocycles. The highest BCUT2D eigenvalue weighted by atomic mass is 32.1. The van der Waals surface area contributed by atoms with Crippen LogP contribution in [-0.4, -0.2) is 33.2 Å². The lowest BCUT2D eigenvalue weighted by Crippen LogP contribution is -2.23. The van der Waals surface area contributed by atoms with Crippen LogP contribution in [0.3, 0.4) is 0 Å². The summed E-state index contributed by atoms with van der Waals surface area (Å²) < 4.78 is 0. The Bertz CT molecular complexity index is 643. The number of aromatic nitrogens is 1. The molecule has 6 heteroatoms. The van der Waals surface area contributed by atoms with E-state index in [4.69, 9.17) is 12.2 Å². The van der Waals surface area contributed by atoms with Crippen LogP contribution in [-0.2, 0) is 0 Å². The Balaban J connectivity index is 1.88. The molecule has 1 saturated heterocycles. The highest BCUT2D eigenvalue weighted by Crippen LogP contribution is 2.35. The molecule has 0 bridgehead atoms. The second-order valence-electron chi connectivity index (χ2n) is 4.54. The Kier molecular flexibility index (Phi) is 3.16. The number of aromatic amines is 1. The van der Waals surface area contributed by atoms with Crippen molar-refractivity contribution in [2.24, 2.45) is 10.2 Å². The van der Waals surface area contributed by atoms with Gasteiger partial charge in [-0.05, 0) is 31.1 Å². The highest BCUT2D eigenvalue weighted by Gasteiger charge is 2.15. The van der Waals surface area contributed by atoms with Gasteiger partial charge in [-0.25, -0.2) is 0 Å². The fourth-order valence-electron chi connectivity index (χ4n) is 2.28. The number of benzene rings is 1. The third kappa shape index (κ3) is 2.31. The summed E-state index contributed by atoms with van der Waals surface area (Å²) >= 11 is 5.23. The van der Waals surface area contributed by atoms with Crippen molar-refractivity contribution < 1.29 is 5.11 Å². The number of hydrogen-bond donors (Lipinski definition) is 2. The molecule has 19 heavy (non-hydrogen) atoms. The van der Waals surface area contributed by atoms with E-state index < -0.39 is 0 Å². The average Bonchev–Trinajstić information content (AvgIpc) is 3.03. The number of azo groups is 1. The van der Waals surface area contributed by atoms with Crippen molar-refractivity contribution in [2.75, 3.05) is 13.1 Å². The first-order valence-electron chi connectivity index (χ1n) is 6.26. The van der Waals surface area contributed by atoms with Gasteiger partial charge >= 0.3 is 0 Å². The number of fused-ring (bicyclic) bond motifs is 1. The molecule has 3 rings (SSSR count). The number of para-hydroxylation sites is 1. The molecule has 2 aromatic rings. The summed E-state index contributed by atoms with van der Waals surface area (Å²) in [6, 6.07) is 7.56. The van der Waals surface area contributed by atoms with Crippen LogP contribution in [0.25, 0.3) is 10.9 Å². The lowest BCUT2D eigenvalue weighted by molar-refractivity contribution is 0.459. The molecule has 0 unspecified atom stereocenters. The maximum Gasteiger partial charge on any atom is 0.218 e. The molecule has 0 atom stereocenters. The molecule has 1 aliphatic rings. The minimum atomic E-state index is 0.0224. The smallest absolute Gasteiger partial charge is 0.218 e. The van der Waals surface area contributed by atoms with E-state index in [1.807, 2.05) is 29.2 Å². The van der Waals surface area contributed by atoms with Gasteiger partial charge in [-0.2, -0.15) is 0 Å². The van der Waals surface area contributed by atoms with Gasteiger partial charge in [-0.15, -0.1) is 10.2 Å². The summed E-state index contributed by atoms with van der Waals surface area (Å²) in [6.45, 7) is 1.88. The molecule has 1 aliphatic heterocycles. The predicted octanol–water partition coefficient (Wildman–Crippen LogP) is 3.34. The second-order valence-corrected chi connectivity index (χ2v) is 4.91. The largest absolute Gasteiger partial charge is 0.493 e. The van der Waals surface area contributed by atoms with Crippen molar-refractivity contribution in [1.29, 1.82) is 0 Å². The molecule has 98 valence electrons. The first kappa shape index (κ1) is 12.1. The first-order chi connectivity index (χ1) is 9.25. The van der Waals surface area contributed by atoms with Gasteiger partial charge in [0.05, 0.1) is 5.52 Å². The summed E-state index contributed by atoms with van der Waals surface area (Å²) in [5.41, 5.74) is 1.28. The van der Waals surface area contributed by atoms with E-state index in [-0.39, 0.29) is 5.88 Å². The second kappa shape index (κ2) is 4.97. The van der Waals surface area contributed by atoms with Gasteiger partial charge in [-0.1, -0.05) is 18.2 Å². The number of likely N-dealkylation sites (tertiary alicyclic amines) is 1. The fourth-order valence-corrected chi connectivity index (χ4v) is 2.50. The van der Waals surface area contributed by atoms with E-state index in [0.29, 0.717) is 10.8 Å². The van der Waals surface area contributed by atoms with E-state index in [1.165, 1.54) is 0 Å². The van der Waals surface area contributed by atoms with Crippen molar-refractivity contribution in [2.45, 2.75) is 12.8 Å². The molecule has 0 aliphatic carbocycles. The average molecular weight is 274 g/mol. The molecule has 5 nitrogen and oxygen atoms in total. The van der Waals surface area contributed by atoms with Crippen LogP contribution < -0.4 is 0 Å². The van der Waals surface area contributed by atoms with Crippen LogP contribution in [0, 0.1) is 0 Å². The molecular weight excluding hydrogens is 260 g/mol. The molecule has 0 amide bonds. The van der Waals surface area contributed by atoms with Crippen molar-refractivity contribution in [3.63, 3.8) is 0 Å². The molecular formula is C13H14N4OS. The number of nitrogens with zero attached hydrogens (tertiary/aromatic N) is 3. The van der Waals surface area contributed by atoms with E-state index in [0.717, 1.165) is 36.8 Å². The van der Waals surface area contributed by atoms with E-state index in [1.54, 1.807) is 0 Å². The van der Waals surface area contributed by atoms with E-state index in [2.05, 4.69) is 15.2 Å². The van der Waals surface area contributed by atoms with Crippen molar-refractivity contribution >= 4 is 33.9 Å². The number of thiocarbonyl (C=S) groups is 1. The van der Waals surface area contributed by atoms with Gasteiger partial charge in [0.15, 0.2) is 5.69 Å². The summed E-state index contributed by atoms with van der Waals surface area (Å²) in [5.74, 6) is 0.0224. The lowest BCUT2D eigenvalue weighted by Gasteiger charge is -2.12. The Morgan fingerprint density at radius 2 is 2.00 bits per heavy atom. The monoisotopic (exact) mass is 274 g/mol. The molecule has 0 spiro atoms. The third-order valence-corrected chi connectivity index (χ3v) is 3.61. The summed E-state index contributed by atoms with van der Waals surface area (Å²) in [5, 5.41) is 19.3. The van der Waals surface area contributed by atoms with Crippen molar-refractivity contribution in [3.05, 3.63) is 24.3 Å². The molecule has 2 N–H and O–H groups in total. The number of nitrogens with one attached hydrogen (secondary N) is 1. The highest BCUT2D eigenvalue weighted by molar-refractivity contribution is 7.80. The van der Waals surface area contributed by atoms with Crippen LogP contribution in [0.4, 0.5) is 5.69 Å². The topological polar surface area (TPSA) is 64.0 Å². The van der Waals surface area contributed by atoms with Crippen LogP contribution in [0.1, 0.15) is 12.8 Å². The minimum Gasteiger partial charge on any atom is -0.493 e. The van der Waals surface area contributed by atoms with Crippen molar-refractivity contribution in [1.82, 2.24) is 9.88 Å². The maximum absolute atomic E-state index is 9.85. The van der Waals surface area contributed by atoms with Crippen molar-refractivity contribution in [3.8, 4) is 5.88 Å². The SMILES string of the molecule is Oc1[nH]c2ccccc2c1/N=N/C(=S)N1CCCC1. The summed E-state index contributed by atoms with van der Waals surface area (Å²) in [7, 11) is 0. The van der Waals surface area contributed by atoms with Gasteiger partial charge < -0.3 is 15.0 Å². The number of rotatable bonds is 1. The molecule has 1 aromatic carbocycles. The van der Waals surface area contributed by atoms with Gasteiger partial charge in [0.1, 0.15) is 0 Å². The molecule has 1 aromatic heterocycles. The van der Waals surface area contributed by atoms with Gasteiger partial charge in [-0.3, -0.25) is 0 Å². The Hall–Kier alpha value is -1.95. The van der Waals surface area contributed by atoms with Crippen LogP contribution in [0.15, 0.2) is 34.5 Å². The third-order valence-electron chi connectivity index (χ3n) is 3.27. The number of H-pyrrole nitrogens is 1. The normalized spacial score (nSPS) is 15.7. The molecule has 0 saturated carbocycles. The zero-order chi connectivity index (χ0) is 13.2. The van der Waals surface area contributed by atoms with E-state index >= 15 is 0 Å². The molecule has 0 radical (unpaired) electrons. The van der Waals surface area contributed by atoms with Crippen LogP contribution in [0.2, 0.25) is 0 Å². The molecule has 1 fully saturated rings. The first-order valence-corrected chi connectivity index (χ1v) is 6.67. The Morgan fingerprint density at radius 1 is 1.26 bits per heavy atom. The standard InChI is InChI=1S/C13H14N4OS/c18-12-11(9-5-1-2-6-10(9)14-12)15-16-13(19)17-7-3-4-8-17/h1-2,5-6,14,18H,3-4,7-8H2/b16-15+. The zero-order valence-corrected chi connectivity index (χ0v) is 11.2. The van der Waals surface area contributed by atoms with Crippen LogP contribution in [0.5, 0.6) is 5.88 Å². The Morgan fingerprint density at radius 3 is 2.79 bits per heavy atom. The zero-order valence-electron chi connectivity index (χ0n) is 10.3. The van der Waals surface area contributed by atoms with Crippen LogP contribution >= 0.6 is 12.2 Å². The minimum absolute atomic E-state index is 0.0224. The maximum atomic E-state index is 9.85. The Labute approximate surface area is 116 Å². The summed E-state index contributed by atoms with van der Waals surface area (Å²) in [4.78, 5) is 4.90. The van der Waals surface area contributed by atoms with Gasteiger partial charge in [0.2, 0.25) is 11.0 Å². The fraction of sp³-hybridized carbons (Fsp3) is 0.308. The lowest BCUT2D eigenvalue weighted by atomic mass is 10.2. The van der Waals surface area contributed by atoms with Gasteiger partial charge in [0, 0.05) is 18.5 Å². The number of aromatic hydroxyl groups is 1. The van der Waals surface area contributed by atoms with Gasteiger partial charge in [0.25, 0.3) is 0 Å². The predicted molar refractivity (Wildman–Crippen MR) is 77.9 cm³/mol.